The minimum Gasteiger partial charge on any atom is -0.496 e. The molecule has 30 heavy (non-hydrogen) atoms. The van der Waals surface area contributed by atoms with Gasteiger partial charge in [0.1, 0.15) is 12.4 Å². The van der Waals surface area contributed by atoms with Gasteiger partial charge in [0.05, 0.1) is 24.7 Å². The maximum atomic E-state index is 13.1. The zero-order valence-electron chi connectivity index (χ0n) is 16.6. The molecular formula is C19H20Br2N4O5. The van der Waals surface area contributed by atoms with Crippen LogP contribution in [-0.4, -0.2) is 38.4 Å². The third-order valence-corrected chi connectivity index (χ3v) is 5.79. The van der Waals surface area contributed by atoms with Crippen molar-refractivity contribution >= 4 is 49.0 Å². The van der Waals surface area contributed by atoms with E-state index >= 15 is 0 Å². The number of methoxy groups -OCH3 is 1. The van der Waals surface area contributed by atoms with Crippen molar-refractivity contribution in [2.75, 3.05) is 13.7 Å². The molecule has 0 bridgehead atoms. The van der Waals surface area contributed by atoms with Crippen molar-refractivity contribution in [1.82, 2.24) is 18.7 Å². The van der Waals surface area contributed by atoms with Crippen LogP contribution in [-0.2, 0) is 29.2 Å². The molecule has 0 aliphatic rings. The van der Waals surface area contributed by atoms with Crippen LogP contribution in [0.2, 0.25) is 0 Å². The van der Waals surface area contributed by atoms with E-state index in [1.54, 1.807) is 18.6 Å². The Morgan fingerprint density at radius 3 is 2.50 bits per heavy atom. The number of imidazole rings is 1. The van der Waals surface area contributed by atoms with Gasteiger partial charge in [-0.1, -0.05) is 6.07 Å². The fraction of sp³-hybridized carbons (Fsp3) is 0.368. The molecule has 0 atom stereocenters. The lowest BCUT2D eigenvalue weighted by Gasteiger charge is -2.12. The molecule has 3 aromatic rings. The van der Waals surface area contributed by atoms with Crippen molar-refractivity contribution in [2.24, 2.45) is 0 Å². The summed E-state index contributed by atoms with van der Waals surface area (Å²) in [5.74, 6) is 0.251. The van der Waals surface area contributed by atoms with Crippen LogP contribution in [0.3, 0.4) is 0 Å². The van der Waals surface area contributed by atoms with E-state index in [4.69, 9.17) is 9.47 Å². The molecule has 0 fully saturated rings. The molecule has 11 heteroatoms. The largest absolute Gasteiger partial charge is 0.496 e. The maximum Gasteiger partial charge on any atom is 0.332 e. The predicted molar refractivity (Wildman–Crippen MR) is 118 cm³/mol. The molecule has 0 aliphatic carbocycles. The predicted octanol–water partition coefficient (Wildman–Crippen LogP) is 2.52. The van der Waals surface area contributed by atoms with Crippen molar-refractivity contribution in [1.29, 1.82) is 0 Å². The van der Waals surface area contributed by atoms with Crippen LogP contribution in [0.25, 0.3) is 11.2 Å². The summed E-state index contributed by atoms with van der Waals surface area (Å²) in [6.45, 7) is 3.67. The first kappa shape index (κ1) is 22.3. The highest BCUT2D eigenvalue weighted by atomic mass is 79.9. The minimum atomic E-state index is -0.494. The first-order valence-corrected chi connectivity index (χ1v) is 10.7. The molecule has 160 valence electrons. The van der Waals surface area contributed by atoms with E-state index in [1.807, 2.05) is 18.2 Å². The highest BCUT2D eigenvalue weighted by Gasteiger charge is 2.20. The van der Waals surface area contributed by atoms with Gasteiger partial charge >= 0.3 is 11.7 Å². The van der Waals surface area contributed by atoms with Gasteiger partial charge in [0.2, 0.25) is 0 Å². The molecular weight excluding hydrogens is 524 g/mol. The number of benzene rings is 1. The molecule has 0 aliphatic heterocycles. The van der Waals surface area contributed by atoms with Gasteiger partial charge in [0, 0.05) is 13.5 Å². The smallest absolute Gasteiger partial charge is 0.332 e. The van der Waals surface area contributed by atoms with E-state index in [0.29, 0.717) is 17.0 Å². The van der Waals surface area contributed by atoms with Crippen molar-refractivity contribution in [2.45, 2.75) is 33.5 Å². The summed E-state index contributed by atoms with van der Waals surface area (Å²) in [7, 11) is 1.59. The molecule has 0 saturated carbocycles. The normalized spacial score (nSPS) is 11.1. The molecule has 0 spiro atoms. The van der Waals surface area contributed by atoms with Gasteiger partial charge in [-0.3, -0.25) is 18.7 Å². The zero-order chi connectivity index (χ0) is 22.0. The summed E-state index contributed by atoms with van der Waals surface area (Å²) >= 11 is 6.87. The fourth-order valence-corrected chi connectivity index (χ4v) is 4.22. The number of hydrogen-bond acceptors (Lipinski definition) is 6. The van der Waals surface area contributed by atoms with Crippen LogP contribution < -0.4 is 16.0 Å². The zero-order valence-corrected chi connectivity index (χ0v) is 19.8. The van der Waals surface area contributed by atoms with E-state index in [0.717, 1.165) is 14.6 Å². The van der Waals surface area contributed by atoms with Gasteiger partial charge < -0.3 is 14.0 Å². The van der Waals surface area contributed by atoms with Gasteiger partial charge in [-0.15, -0.1) is 0 Å². The topological polar surface area (TPSA) is 97.3 Å². The molecule has 2 heterocycles. The average molecular weight is 544 g/mol. The Labute approximate surface area is 188 Å². The number of hydrogen-bond donors (Lipinski definition) is 0. The molecule has 9 nitrogen and oxygen atoms in total. The molecule has 0 unspecified atom stereocenters. The minimum absolute atomic E-state index is 0.00215. The number of rotatable bonds is 7. The monoisotopic (exact) mass is 542 g/mol. The second-order valence-electron chi connectivity index (χ2n) is 6.43. The molecule has 0 amide bonds. The van der Waals surface area contributed by atoms with Crippen molar-refractivity contribution in [3.63, 3.8) is 0 Å². The van der Waals surface area contributed by atoms with Crippen molar-refractivity contribution in [3.8, 4) is 5.75 Å². The van der Waals surface area contributed by atoms with E-state index in [9.17, 15) is 14.4 Å². The first-order valence-electron chi connectivity index (χ1n) is 9.13. The van der Waals surface area contributed by atoms with Crippen LogP contribution in [0, 0.1) is 0 Å². The SMILES string of the molecule is CCn1c(=O)c2c(nc(Br)n2Cc2ccc(OC)c(Br)c2)n(CCOC(C)=O)c1=O. The van der Waals surface area contributed by atoms with Crippen molar-refractivity contribution in [3.05, 3.63) is 53.8 Å². The lowest BCUT2D eigenvalue weighted by atomic mass is 10.2. The molecule has 0 saturated heterocycles. The number of halogens is 2. The Bertz CT molecular complexity index is 1230. The summed E-state index contributed by atoms with van der Waals surface area (Å²) in [5.41, 5.74) is 0.515. The number of aromatic nitrogens is 4. The Balaban J connectivity index is 2.15. The third kappa shape index (κ3) is 4.22. The van der Waals surface area contributed by atoms with Gasteiger partial charge in [-0.05, 0) is 56.5 Å². The summed E-state index contributed by atoms with van der Waals surface area (Å²) in [4.78, 5) is 41.4. The Morgan fingerprint density at radius 1 is 1.17 bits per heavy atom. The summed E-state index contributed by atoms with van der Waals surface area (Å²) in [6, 6.07) is 5.61. The van der Waals surface area contributed by atoms with Gasteiger partial charge in [0.15, 0.2) is 15.9 Å². The lowest BCUT2D eigenvalue weighted by Crippen LogP contribution is -2.40. The van der Waals surface area contributed by atoms with Gasteiger partial charge in [0.25, 0.3) is 5.56 Å². The highest BCUT2D eigenvalue weighted by molar-refractivity contribution is 9.10. The third-order valence-electron chi connectivity index (χ3n) is 4.56. The molecule has 3 rings (SSSR count). The number of carbonyl (C=O) groups excluding carboxylic acids is 1. The molecule has 1 aromatic carbocycles. The van der Waals surface area contributed by atoms with Crippen LogP contribution in [0.4, 0.5) is 0 Å². The van der Waals surface area contributed by atoms with E-state index in [1.165, 1.54) is 11.5 Å². The van der Waals surface area contributed by atoms with Gasteiger partial charge in [-0.25, -0.2) is 9.78 Å². The summed E-state index contributed by atoms with van der Waals surface area (Å²) < 4.78 is 15.6. The standard InChI is InChI=1S/C19H20Br2N4O5/c1-4-23-17(27)15-16(24(19(23)28)7-8-30-11(2)26)22-18(21)25(15)10-12-5-6-14(29-3)13(20)9-12/h5-6,9H,4,7-8,10H2,1-3H3. The van der Waals surface area contributed by atoms with E-state index in [-0.39, 0.29) is 30.9 Å². The molecule has 0 N–H and O–H groups in total. The number of fused-ring (bicyclic) bond motifs is 1. The molecule has 0 radical (unpaired) electrons. The Kier molecular flexibility index (Phi) is 6.81. The van der Waals surface area contributed by atoms with Crippen LogP contribution in [0.5, 0.6) is 5.75 Å². The number of nitrogens with zero attached hydrogens (tertiary/aromatic N) is 4. The number of carbonyl (C=O) groups is 1. The van der Waals surface area contributed by atoms with Crippen molar-refractivity contribution < 1.29 is 14.3 Å². The number of ether oxygens (including phenoxy) is 2. The number of esters is 1. The summed E-state index contributed by atoms with van der Waals surface area (Å²) in [6.07, 6.45) is 0. The Morgan fingerprint density at radius 2 is 1.90 bits per heavy atom. The fourth-order valence-electron chi connectivity index (χ4n) is 3.16. The highest BCUT2D eigenvalue weighted by Crippen LogP contribution is 2.27. The van der Waals surface area contributed by atoms with E-state index in [2.05, 4.69) is 36.8 Å². The maximum absolute atomic E-state index is 13.1. The summed E-state index contributed by atoms with van der Waals surface area (Å²) in [5, 5.41) is 0. The second kappa shape index (κ2) is 9.17. The van der Waals surface area contributed by atoms with Crippen LogP contribution in [0.15, 0.2) is 37.0 Å². The average Bonchev–Trinajstić information content (AvgIpc) is 3.01. The van der Waals surface area contributed by atoms with Gasteiger partial charge in [-0.2, -0.15) is 0 Å². The lowest BCUT2D eigenvalue weighted by molar-refractivity contribution is -0.141. The molecule has 2 aromatic heterocycles. The quantitative estimate of drug-likeness (QED) is 0.335. The Hall–Kier alpha value is -2.40. The van der Waals surface area contributed by atoms with Crippen LogP contribution >= 0.6 is 31.9 Å². The van der Waals surface area contributed by atoms with E-state index < -0.39 is 17.2 Å². The second-order valence-corrected chi connectivity index (χ2v) is 8.00. The first-order chi connectivity index (χ1) is 14.3. The van der Waals surface area contributed by atoms with Crippen LogP contribution in [0.1, 0.15) is 19.4 Å².